The van der Waals surface area contributed by atoms with Crippen molar-refractivity contribution in [2.45, 2.75) is 38.0 Å². The van der Waals surface area contributed by atoms with Gasteiger partial charge in [0.15, 0.2) is 35.1 Å². The minimum atomic E-state index is -2.80. The molecule has 186 valence electrons. The van der Waals surface area contributed by atoms with Crippen molar-refractivity contribution in [1.82, 2.24) is 29.8 Å². The van der Waals surface area contributed by atoms with E-state index in [1.807, 2.05) is 31.2 Å². The average molecular weight is 513 g/mol. The molecule has 3 aromatic heterocycles. The van der Waals surface area contributed by atoms with Crippen LogP contribution in [0.2, 0.25) is 5.02 Å². The molecular weight excluding hydrogens is 486 g/mol. The molecule has 0 bridgehead atoms. The topological polar surface area (TPSA) is 147 Å². The Hall–Kier alpha value is -3.64. The number of likely N-dealkylation sites (N-methyl/N-ethyl adjacent to an activating group) is 1. The van der Waals surface area contributed by atoms with Crippen LogP contribution in [0.15, 0.2) is 49.1 Å². The number of pyridine rings is 1. The average Bonchev–Trinajstić information content (AvgIpc) is 3.43. The molecule has 1 amide bonds. The Morgan fingerprint density at radius 1 is 1.22 bits per heavy atom. The molecule has 36 heavy (non-hydrogen) atoms. The highest BCUT2D eigenvalue weighted by Gasteiger charge is 2.47. The number of nitrogens with zero attached hydrogens (tertiary/aromatic N) is 5. The van der Waals surface area contributed by atoms with E-state index in [4.69, 9.17) is 20.5 Å². The van der Waals surface area contributed by atoms with E-state index in [2.05, 4.69) is 25.3 Å². The Kier molecular flexibility index (Phi) is 5.58. The smallest absolute Gasteiger partial charge is 0.251 e. The van der Waals surface area contributed by atoms with E-state index in [0.29, 0.717) is 28.5 Å². The van der Waals surface area contributed by atoms with Gasteiger partial charge in [-0.15, -0.1) is 0 Å². The lowest BCUT2D eigenvalue weighted by atomic mass is 10.1. The number of hydrogen-bond donors (Lipinski definition) is 4. The molecule has 11 nitrogen and oxygen atoms in total. The molecular formula is C24H24ClN7O4. The highest BCUT2D eigenvalue weighted by molar-refractivity contribution is 6.30. The fraction of sp³-hybridized carbons (Fsp3) is 0.292. The first kappa shape index (κ1) is 20.5. The molecule has 4 N–H and O–H groups in total. The van der Waals surface area contributed by atoms with Crippen LogP contribution in [0.3, 0.4) is 0 Å². The van der Waals surface area contributed by atoms with Gasteiger partial charge in [0, 0.05) is 35.6 Å². The van der Waals surface area contributed by atoms with Crippen LogP contribution in [0, 0.1) is 6.92 Å². The number of aliphatic hydroxyl groups excluding tert-OH is 2. The van der Waals surface area contributed by atoms with Gasteiger partial charge in [-0.25, -0.2) is 15.0 Å². The fourth-order valence-electron chi connectivity index (χ4n) is 3.96. The lowest BCUT2D eigenvalue weighted by molar-refractivity contribution is -0.137. The number of benzene rings is 1. The maximum atomic E-state index is 12.4. The molecule has 0 saturated carbocycles. The molecule has 0 aliphatic carbocycles. The van der Waals surface area contributed by atoms with E-state index in [1.165, 1.54) is 23.3 Å². The first-order valence-electron chi connectivity index (χ1n) is 12.5. The first-order chi connectivity index (χ1) is 18.5. The summed E-state index contributed by atoms with van der Waals surface area (Å²) in [6.45, 7) is -0.377. The van der Waals surface area contributed by atoms with Crippen molar-refractivity contribution in [3.8, 4) is 11.4 Å². The van der Waals surface area contributed by atoms with Gasteiger partial charge < -0.3 is 25.6 Å². The summed E-state index contributed by atoms with van der Waals surface area (Å²) in [4.78, 5) is 30.1. The maximum absolute atomic E-state index is 12.4. The van der Waals surface area contributed by atoms with Crippen molar-refractivity contribution in [3.63, 3.8) is 0 Å². The monoisotopic (exact) mass is 512 g/mol. The van der Waals surface area contributed by atoms with Gasteiger partial charge in [0.05, 0.1) is 11.3 Å². The predicted octanol–water partition coefficient (Wildman–Crippen LogP) is 1.83. The van der Waals surface area contributed by atoms with Crippen LogP contribution in [0.1, 0.15) is 21.5 Å². The molecule has 4 atom stereocenters. The van der Waals surface area contributed by atoms with Crippen LogP contribution >= 0.6 is 11.6 Å². The molecule has 0 spiro atoms. The summed E-state index contributed by atoms with van der Waals surface area (Å²) in [6, 6.07) is 9.59. The standard InChI is InChI=1S/C24H24ClN7O4/c1-12-3-5-13(6-4-12)8-28-21-16-22(31-20(30-21)14-7-15(25)10-27-9-14)32(11-29-16)24-18(34)17(33)19(36-24)23(35)26-2/h3-7,9-11,17-19,24,33-34H,8H2,1-2H3,(H,26,35)(H,28,30,31)/t17-,18+,19-,24+/m0/s1/i2D3. The van der Waals surface area contributed by atoms with Gasteiger partial charge in [-0.3, -0.25) is 14.3 Å². The van der Waals surface area contributed by atoms with Crippen molar-refractivity contribution >= 4 is 34.5 Å². The number of amides is 1. The Bertz CT molecular complexity index is 1520. The quantitative estimate of drug-likeness (QED) is 0.303. The van der Waals surface area contributed by atoms with Crippen LogP contribution < -0.4 is 10.6 Å². The molecule has 12 heteroatoms. The van der Waals surface area contributed by atoms with Crippen molar-refractivity contribution in [2.24, 2.45) is 0 Å². The van der Waals surface area contributed by atoms with Crippen LogP contribution in [0.5, 0.6) is 0 Å². The third-order valence-corrected chi connectivity index (χ3v) is 6.07. The number of hydrogen-bond acceptors (Lipinski definition) is 9. The summed E-state index contributed by atoms with van der Waals surface area (Å²) < 4.78 is 28.7. The van der Waals surface area contributed by atoms with Crippen molar-refractivity contribution < 1.29 is 23.9 Å². The normalized spacial score (nSPS) is 23.2. The van der Waals surface area contributed by atoms with Crippen molar-refractivity contribution in [3.05, 3.63) is 65.2 Å². The summed E-state index contributed by atoms with van der Waals surface area (Å²) in [6.07, 6.45) is -1.89. The molecule has 0 radical (unpaired) electrons. The highest BCUT2D eigenvalue weighted by Crippen LogP contribution is 2.34. The number of rotatable bonds is 6. The number of anilines is 1. The van der Waals surface area contributed by atoms with Crippen molar-refractivity contribution in [1.29, 1.82) is 0 Å². The molecule has 4 heterocycles. The Labute approximate surface area is 215 Å². The Balaban J connectivity index is 1.53. The summed E-state index contributed by atoms with van der Waals surface area (Å²) in [5, 5.41) is 26.7. The summed E-state index contributed by atoms with van der Waals surface area (Å²) in [5.74, 6) is -0.469. The molecule has 1 aromatic carbocycles. The number of fused-ring (bicyclic) bond motifs is 1. The van der Waals surface area contributed by atoms with Gasteiger partial charge in [0.1, 0.15) is 12.2 Å². The second kappa shape index (κ2) is 9.78. The second-order valence-electron chi connectivity index (χ2n) is 8.37. The molecule has 5 rings (SSSR count). The van der Waals surface area contributed by atoms with Gasteiger partial charge in [0.25, 0.3) is 5.91 Å². The Morgan fingerprint density at radius 3 is 2.78 bits per heavy atom. The predicted molar refractivity (Wildman–Crippen MR) is 132 cm³/mol. The maximum Gasteiger partial charge on any atom is 0.251 e. The zero-order valence-corrected chi connectivity index (χ0v) is 19.7. The highest BCUT2D eigenvalue weighted by atomic mass is 35.5. The van der Waals surface area contributed by atoms with E-state index < -0.39 is 37.4 Å². The van der Waals surface area contributed by atoms with E-state index in [1.54, 1.807) is 11.4 Å². The van der Waals surface area contributed by atoms with Crippen LogP contribution in [-0.4, -0.2) is 65.9 Å². The third kappa shape index (κ3) is 4.49. The van der Waals surface area contributed by atoms with Crippen molar-refractivity contribution in [2.75, 3.05) is 12.3 Å². The number of aliphatic hydroxyl groups is 2. The number of ether oxygens (including phenoxy) is 1. The second-order valence-corrected chi connectivity index (χ2v) is 8.80. The number of carbonyl (C=O) groups is 1. The number of halogens is 1. The Morgan fingerprint density at radius 2 is 2.03 bits per heavy atom. The number of aromatic nitrogens is 5. The van der Waals surface area contributed by atoms with Gasteiger partial charge in [0.2, 0.25) is 0 Å². The lowest BCUT2D eigenvalue weighted by Gasteiger charge is -2.17. The van der Waals surface area contributed by atoms with E-state index in [0.717, 1.165) is 11.1 Å². The van der Waals surface area contributed by atoms with Crippen LogP contribution in [-0.2, 0) is 16.1 Å². The summed E-state index contributed by atoms with van der Waals surface area (Å²) in [7, 11) is 0. The lowest BCUT2D eigenvalue weighted by Crippen LogP contribution is -2.41. The van der Waals surface area contributed by atoms with E-state index in [-0.39, 0.29) is 11.5 Å². The molecule has 1 saturated heterocycles. The number of aryl methyl sites for hydroxylation is 1. The molecule has 4 aromatic rings. The van der Waals surface area contributed by atoms with Crippen LogP contribution in [0.4, 0.5) is 5.82 Å². The number of imidazole rings is 1. The van der Waals surface area contributed by atoms with E-state index >= 15 is 0 Å². The zero-order valence-electron chi connectivity index (χ0n) is 22.0. The largest absolute Gasteiger partial charge is 0.387 e. The minimum absolute atomic E-state index is 0.222. The first-order valence-corrected chi connectivity index (χ1v) is 11.4. The zero-order chi connectivity index (χ0) is 27.9. The van der Waals surface area contributed by atoms with Gasteiger partial charge >= 0.3 is 0 Å². The number of nitrogens with one attached hydrogen (secondary N) is 2. The molecule has 1 aliphatic rings. The molecule has 0 unspecified atom stereocenters. The summed E-state index contributed by atoms with van der Waals surface area (Å²) in [5.41, 5.74) is 3.19. The molecule has 1 fully saturated rings. The molecule has 1 aliphatic heterocycles. The van der Waals surface area contributed by atoms with Gasteiger partial charge in [-0.1, -0.05) is 41.4 Å². The van der Waals surface area contributed by atoms with Gasteiger partial charge in [-0.2, -0.15) is 0 Å². The van der Waals surface area contributed by atoms with E-state index in [9.17, 15) is 15.0 Å². The number of carbonyl (C=O) groups excluding carboxylic acids is 1. The summed E-state index contributed by atoms with van der Waals surface area (Å²) >= 11 is 6.14. The van der Waals surface area contributed by atoms with Crippen LogP contribution in [0.25, 0.3) is 22.6 Å². The SMILES string of the molecule is [2H]C([2H])([2H])NC(=O)[C@H]1O[C@@H](n2cnc3c(NCc4ccc(C)cc4)nc(-c4cncc(Cl)c4)nc32)[C@H](O)[C@@H]1O. The van der Waals surface area contributed by atoms with Gasteiger partial charge in [-0.05, 0) is 18.6 Å². The third-order valence-electron chi connectivity index (χ3n) is 5.86. The fourth-order valence-corrected chi connectivity index (χ4v) is 4.13. The minimum Gasteiger partial charge on any atom is -0.387 e.